The molecule has 4 rings (SSSR count). The number of rotatable bonds is 5. The lowest BCUT2D eigenvalue weighted by atomic mass is 10.0. The van der Waals surface area contributed by atoms with Crippen molar-refractivity contribution in [3.05, 3.63) is 97.6 Å². The van der Waals surface area contributed by atoms with Gasteiger partial charge in [-0.1, -0.05) is 41.7 Å². The molecule has 0 unspecified atom stereocenters. The molecule has 0 atom stereocenters. The number of aryl methyl sites for hydroxylation is 1. The van der Waals surface area contributed by atoms with Crippen LogP contribution < -0.4 is 16.6 Å². The molecule has 0 amide bonds. The first-order valence-corrected chi connectivity index (χ1v) is 9.99. The third-order valence-electron chi connectivity index (χ3n) is 4.52. The highest BCUT2D eigenvalue weighted by molar-refractivity contribution is 7.16. The van der Waals surface area contributed by atoms with Crippen molar-refractivity contribution < 1.29 is 9.72 Å². The van der Waals surface area contributed by atoms with Crippen LogP contribution in [0.5, 0.6) is 0 Å². The van der Waals surface area contributed by atoms with Crippen molar-refractivity contribution >= 4 is 44.4 Å². The number of carbonyl (C=O) groups is 1. The Morgan fingerprint density at radius 3 is 2.28 bits per heavy atom. The lowest BCUT2D eigenvalue weighted by molar-refractivity contribution is -0.384. The van der Waals surface area contributed by atoms with E-state index in [9.17, 15) is 19.7 Å². The first-order valence-electron chi connectivity index (χ1n) is 9.17. The van der Waals surface area contributed by atoms with Crippen LogP contribution in [-0.2, 0) is 7.05 Å². The standard InChI is InChI=1S/C21H14N4O4S.H4N2/c1-24-19-17(30-21(24)27)12-11-16(18(19)20(26)13-5-3-2-4-6-13)23-22-14-7-9-15(10-8-14)25(28)29;1-2/h2-12H,1H3;1-2H2. The molecular formula is C21H18N6O4S. The Morgan fingerprint density at radius 1 is 1.00 bits per heavy atom. The minimum absolute atomic E-state index is 0.0522. The molecule has 0 aliphatic carbocycles. The maximum absolute atomic E-state index is 13.3. The number of hydrogen-bond acceptors (Lipinski definition) is 9. The summed E-state index contributed by atoms with van der Waals surface area (Å²) in [7, 11) is 1.61. The molecule has 162 valence electrons. The van der Waals surface area contributed by atoms with E-state index in [0.29, 0.717) is 27.2 Å². The van der Waals surface area contributed by atoms with Crippen molar-refractivity contribution in [2.45, 2.75) is 0 Å². The number of azo groups is 1. The molecule has 3 aromatic carbocycles. The van der Waals surface area contributed by atoms with Crippen LogP contribution in [0.1, 0.15) is 15.9 Å². The van der Waals surface area contributed by atoms with E-state index in [1.54, 1.807) is 43.4 Å². The Balaban J connectivity index is 0.00000141. The predicted molar refractivity (Wildman–Crippen MR) is 123 cm³/mol. The molecule has 0 bridgehead atoms. The van der Waals surface area contributed by atoms with E-state index in [1.807, 2.05) is 6.07 Å². The van der Waals surface area contributed by atoms with Gasteiger partial charge in [0.1, 0.15) is 0 Å². The number of hydrogen-bond donors (Lipinski definition) is 2. The number of aromatic nitrogens is 1. The molecule has 0 saturated heterocycles. The SMILES string of the molecule is Cn1c(=O)sc2ccc(N=Nc3ccc([N+](=O)[O-])cc3)c(C(=O)c3ccccc3)c21.NN. The number of nitrogens with zero attached hydrogens (tertiary/aromatic N) is 4. The number of nitro benzene ring substituents is 1. The zero-order valence-electron chi connectivity index (χ0n) is 16.8. The van der Waals surface area contributed by atoms with Crippen LogP contribution in [0.2, 0.25) is 0 Å². The molecule has 1 heterocycles. The fourth-order valence-corrected chi connectivity index (χ4v) is 3.91. The Labute approximate surface area is 185 Å². The van der Waals surface area contributed by atoms with E-state index in [-0.39, 0.29) is 21.9 Å². The van der Waals surface area contributed by atoms with Crippen molar-refractivity contribution in [3.8, 4) is 0 Å². The molecule has 0 spiro atoms. The highest BCUT2D eigenvalue weighted by Crippen LogP contribution is 2.33. The highest BCUT2D eigenvalue weighted by atomic mass is 32.1. The normalized spacial score (nSPS) is 10.7. The van der Waals surface area contributed by atoms with Gasteiger partial charge < -0.3 is 4.57 Å². The minimum atomic E-state index is -0.497. The summed E-state index contributed by atoms with van der Waals surface area (Å²) in [5, 5.41) is 19.1. The van der Waals surface area contributed by atoms with E-state index >= 15 is 0 Å². The molecule has 0 saturated carbocycles. The summed E-state index contributed by atoms with van der Waals surface area (Å²) < 4.78 is 2.11. The fourth-order valence-electron chi connectivity index (χ4n) is 3.02. The summed E-state index contributed by atoms with van der Waals surface area (Å²) in [5.41, 5.74) is 1.91. The van der Waals surface area contributed by atoms with Gasteiger partial charge in [-0.05, 0) is 24.3 Å². The zero-order chi connectivity index (χ0) is 23.3. The summed E-state index contributed by atoms with van der Waals surface area (Å²) in [6, 6.07) is 17.7. The summed E-state index contributed by atoms with van der Waals surface area (Å²) in [6.07, 6.45) is 0. The second-order valence-corrected chi connectivity index (χ2v) is 7.40. The van der Waals surface area contributed by atoms with Crippen LogP contribution in [0.25, 0.3) is 10.2 Å². The third kappa shape index (κ3) is 4.49. The molecule has 10 nitrogen and oxygen atoms in total. The monoisotopic (exact) mass is 450 g/mol. The Kier molecular flexibility index (Phi) is 6.95. The van der Waals surface area contributed by atoms with Gasteiger partial charge in [-0.15, -0.1) is 5.11 Å². The van der Waals surface area contributed by atoms with Crippen molar-refractivity contribution in [1.82, 2.24) is 4.57 Å². The quantitative estimate of drug-likeness (QED) is 0.154. The van der Waals surface area contributed by atoms with Gasteiger partial charge in [0, 0.05) is 24.7 Å². The van der Waals surface area contributed by atoms with Crippen LogP contribution in [0, 0.1) is 10.1 Å². The van der Waals surface area contributed by atoms with Gasteiger partial charge >= 0.3 is 4.87 Å². The van der Waals surface area contributed by atoms with Crippen molar-refractivity contribution in [2.24, 2.45) is 29.0 Å². The fraction of sp³-hybridized carbons (Fsp3) is 0.0476. The molecule has 0 aliphatic heterocycles. The smallest absolute Gasteiger partial charge is 0.301 e. The number of nitro groups is 1. The summed E-state index contributed by atoms with van der Waals surface area (Å²) >= 11 is 1.05. The van der Waals surface area contributed by atoms with Crippen LogP contribution in [0.15, 0.2) is 81.8 Å². The Morgan fingerprint density at radius 2 is 1.66 bits per heavy atom. The van der Waals surface area contributed by atoms with Gasteiger partial charge in [0.05, 0.1) is 32.1 Å². The number of benzene rings is 3. The van der Waals surface area contributed by atoms with E-state index in [0.717, 1.165) is 11.3 Å². The zero-order valence-corrected chi connectivity index (χ0v) is 17.7. The molecule has 1 aromatic heterocycles. The van der Waals surface area contributed by atoms with Crippen LogP contribution >= 0.6 is 11.3 Å². The van der Waals surface area contributed by atoms with Gasteiger partial charge in [-0.2, -0.15) is 5.11 Å². The van der Waals surface area contributed by atoms with Gasteiger partial charge in [-0.25, -0.2) is 0 Å². The first-order chi connectivity index (χ1) is 15.5. The first kappa shape index (κ1) is 22.6. The number of non-ortho nitro benzene ring substituents is 1. The number of hydrazine groups is 1. The van der Waals surface area contributed by atoms with Crippen LogP contribution in [0.3, 0.4) is 0 Å². The average Bonchev–Trinajstić information content (AvgIpc) is 3.12. The average molecular weight is 450 g/mol. The Bertz CT molecular complexity index is 1360. The number of thiazole rings is 1. The number of nitrogens with two attached hydrogens (primary N) is 2. The van der Waals surface area contributed by atoms with E-state index in [4.69, 9.17) is 0 Å². The maximum Gasteiger partial charge on any atom is 0.307 e. The largest absolute Gasteiger partial charge is 0.307 e. The lowest BCUT2D eigenvalue weighted by Gasteiger charge is -2.08. The minimum Gasteiger partial charge on any atom is -0.301 e. The van der Waals surface area contributed by atoms with E-state index in [1.165, 1.54) is 28.8 Å². The Hall–Kier alpha value is -4.06. The predicted octanol–water partition coefficient (Wildman–Crippen LogP) is 3.97. The lowest BCUT2D eigenvalue weighted by Crippen LogP contribution is -2.10. The van der Waals surface area contributed by atoms with Gasteiger partial charge in [-0.3, -0.25) is 31.4 Å². The molecule has 0 aliphatic rings. The maximum atomic E-state index is 13.3. The molecule has 32 heavy (non-hydrogen) atoms. The number of carbonyl (C=O) groups excluding carboxylic acids is 1. The van der Waals surface area contributed by atoms with Crippen LogP contribution in [0.4, 0.5) is 17.1 Å². The summed E-state index contributed by atoms with van der Waals surface area (Å²) in [4.78, 5) is 35.6. The molecule has 4 N–H and O–H groups in total. The van der Waals surface area contributed by atoms with Crippen molar-refractivity contribution in [1.29, 1.82) is 0 Å². The molecule has 0 fully saturated rings. The molecule has 0 radical (unpaired) electrons. The second-order valence-electron chi connectivity index (χ2n) is 6.40. The molecule has 11 heteroatoms. The molecule has 4 aromatic rings. The van der Waals surface area contributed by atoms with E-state index in [2.05, 4.69) is 21.9 Å². The van der Waals surface area contributed by atoms with Crippen molar-refractivity contribution in [3.63, 3.8) is 0 Å². The second kappa shape index (κ2) is 9.83. The van der Waals surface area contributed by atoms with Gasteiger partial charge in [0.15, 0.2) is 5.78 Å². The summed E-state index contributed by atoms with van der Waals surface area (Å²) in [6.45, 7) is 0. The molecular weight excluding hydrogens is 432 g/mol. The van der Waals surface area contributed by atoms with Gasteiger partial charge in [0.25, 0.3) is 5.69 Å². The van der Waals surface area contributed by atoms with E-state index < -0.39 is 4.92 Å². The van der Waals surface area contributed by atoms with Crippen LogP contribution in [-0.4, -0.2) is 15.3 Å². The number of fused-ring (bicyclic) bond motifs is 1. The van der Waals surface area contributed by atoms with Crippen molar-refractivity contribution in [2.75, 3.05) is 0 Å². The summed E-state index contributed by atoms with van der Waals surface area (Å²) in [5.74, 6) is 7.73. The topological polar surface area (TPSA) is 159 Å². The van der Waals surface area contributed by atoms with Gasteiger partial charge in [0.2, 0.25) is 0 Å². The highest BCUT2D eigenvalue weighted by Gasteiger charge is 2.21. The third-order valence-corrected chi connectivity index (χ3v) is 5.52. The number of ketones is 1.